The van der Waals surface area contributed by atoms with Crippen LogP contribution in [0.2, 0.25) is 0 Å². The lowest BCUT2D eigenvalue weighted by Gasteiger charge is -2.05. The molecule has 0 radical (unpaired) electrons. The number of rotatable bonds is 2. The number of hydrogen-bond donors (Lipinski definition) is 1. The Morgan fingerprint density at radius 1 is 1.36 bits per heavy atom. The van der Waals surface area contributed by atoms with Gasteiger partial charge in [0.15, 0.2) is 6.29 Å². The Morgan fingerprint density at radius 2 is 1.93 bits per heavy atom. The van der Waals surface area contributed by atoms with Gasteiger partial charge in [-0.25, -0.2) is 0 Å². The highest BCUT2D eigenvalue weighted by Gasteiger charge is 2.05. The van der Waals surface area contributed by atoms with E-state index in [0.717, 1.165) is 5.56 Å². The van der Waals surface area contributed by atoms with E-state index >= 15 is 0 Å². The molecule has 0 amide bonds. The smallest absolute Gasteiger partial charge is 0.153 e. The van der Waals surface area contributed by atoms with E-state index in [2.05, 4.69) is 0 Å². The molecule has 0 unspecified atom stereocenters. The van der Waals surface area contributed by atoms with Crippen molar-refractivity contribution in [2.75, 3.05) is 7.11 Å². The molecule has 0 fully saturated rings. The molecule has 1 N–H and O–H groups in total. The van der Waals surface area contributed by atoms with Gasteiger partial charge < -0.3 is 9.84 Å². The van der Waals surface area contributed by atoms with E-state index in [1.807, 2.05) is 20.8 Å². The second kappa shape index (κ2) is 6.02. The molecule has 1 aromatic rings. The van der Waals surface area contributed by atoms with Gasteiger partial charge in [-0.15, -0.1) is 0 Å². The summed E-state index contributed by atoms with van der Waals surface area (Å²) in [6, 6.07) is 3.01. The number of phenolic OH excluding ortho intramolecular Hbond substituents is 1. The highest BCUT2D eigenvalue weighted by molar-refractivity contribution is 5.80. The molecular weight excluding hydrogens is 180 g/mol. The number of aromatic hydroxyl groups is 1. The molecule has 0 spiro atoms. The van der Waals surface area contributed by atoms with Crippen molar-refractivity contribution < 1.29 is 14.6 Å². The summed E-state index contributed by atoms with van der Waals surface area (Å²) in [5.74, 6) is 0.533. The zero-order chi connectivity index (χ0) is 11.1. The summed E-state index contributed by atoms with van der Waals surface area (Å²) in [4.78, 5) is 10.4. The number of phenols is 1. The summed E-state index contributed by atoms with van der Waals surface area (Å²) in [5, 5.41) is 9.24. The van der Waals surface area contributed by atoms with Gasteiger partial charge >= 0.3 is 0 Å². The normalized spacial score (nSPS) is 8.57. The molecule has 3 heteroatoms. The first-order chi connectivity index (χ1) is 6.69. The highest BCUT2D eigenvalue weighted by Crippen LogP contribution is 2.26. The number of aryl methyl sites for hydroxylation is 1. The topological polar surface area (TPSA) is 46.5 Å². The van der Waals surface area contributed by atoms with Crippen LogP contribution in [0.1, 0.15) is 29.8 Å². The van der Waals surface area contributed by atoms with Crippen molar-refractivity contribution in [2.24, 2.45) is 0 Å². The molecule has 0 aliphatic rings. The molecule has 78 valence electrons. The Labute approximate surface area is 84.3 Å². The number of aldehydes is 1. The van der Waals surface area contributed by atoms with Gasteiger partial charge in [-0.1, -0.05) is 13.8 Å². The first-order valence-corrected chi connectivity index (χ1v) is 4.52. The largest absolute Gasteiger partial charge is 0.507 e. The lowest BCUT2D eigenvalue weighted by molar-refractivity contribution is 0.112. The Bertz CT molecular complexity index is 306. The van der Waals surface area contributed by atoms with Crippen molar-refractivity contribution in [1.82, 2.24) is 0 Å². The molecule has 0 saturated carbocycles. The van der Waals surface area contributed by atoms with E-state index in [0.29, 0.717) is 12.0 Å². The molecule has 0 aliphatic carbocycles. The predicted molar refractivity (Wildman–Crippen MR) is 56.1 cm³/mol. The van der Waals surface area contributed by atoms with Crippen molar-refractivity contribution in [1.29, 1.82) is 0 Å². The Kier molecular flexibility index (Phi) is 5.37. The van der Waals surface area contributed by atoms with Gasteiger partial charge in [0.1, 0.15) is 11.5 Å². The van der Waals surface area contributed by atoms with E-state index in [-0.39, 0.29) is 11.3 Å². The first kappa shape index (κ1) is 12.5. The average Bonchev–Trinajstić information content (AvgIpc) is 2.23. The SMILES string of the molecule is CC.COc1cc(O)c(C=O)cc1C. The number of benzene rings is 1. The molecule has 3 nitrogen and oxygen atoms in total. The molecule has 1 aromatic carbocycles. The van der Waals surface area contributed by atoms with Gasteiger partial charge in [-0.3, -0.25) is 4.79 Å². The van der Waals surface area contributed by atoms with Crippen LogP contribution in [0.15, 0.2) is 12.1 Å². The zero-order valence-electron chi connectivity index (χ0n) is 9.00. The number of hydrogen-bond acceptors (Lipinski definition) is 3. The van der Waals surface area contributed by atoms with E-state index < -0.39 is 0 Å². The van der Waals surface area contributed by atoms with Gasteiger partial charge in [0, 0.05) is 6.07 Å². The quantitative estimate of drug-likeness (QED) is 0.739. The number of carbonyl (C=O) groups excluding carboxylic acids is 1. The van der Waals surface area contributed by atoms with Gasteiger partial charge in [0.2, 0.25) is 0 Å². The fourth-order valence-corrected chi connectivity index (χ4v) is 1.01. The summed E-state index contributed by atoms with van der Waals surface area (Å²) < 4.78 is 4.95. The second-order valence-electron chi connectivity index (χ2n) is 2.50. The highest BCUT2D eigenvalue weighted by atomic mass is 16.5. The maximum atomic E-state index is 10.4. The molecular formula is C11H16O3. The van der Waals surface area contributed by atoms with Crippen LogP contribution in [0.4, 0.5) is 0 Å². The number of methoxy groups -OCH3 is 1. The first-order valence-electron chi connectivity index (χ1n) is 4.52. The van der Waals surface area contributed by atoms with Crippen LogP contribution in [0.3, 0.4) is 0 Å². The summed E-state index contributed by atoms with van der Waals surface area (Å²) >= 11 is 0. The maximum Gasteiger partial charge on any atom is 0.153 e. The van der Waals surface area contributed by atoms with Crippen LogP contribution < -0.4 is 4.74 Å². The average molecular weight is 196 g/mol. The molecule has 0 saturated heterocycles. The van der Waals surface area contributed by atoms with Crippen molar-refractivity contribution in [3.8, 4) is 11.5 Å². The summed E-state index contributed by atoms with van der Waals surface area (Å²) in [5.41, 5.74) is 1.12. The monoisotopic (exact) mass is 196 g/mol. The minimum absolute atomic E-state index is 0.0487. The van der Waals surface area contributed by atoms with Crippen molar-refractivity contribution in [3.05, 3.63) is 23.3 Å². The molecule has 0 atom stereocenters. The van der Waals surface area contributed by atoms with Crippen molar-refractivity contribution >= 4 is 6.29 Å². The molecule has 1 rings (SSSR count). The summed E-state index contributed by atoms with van der Waals surface area (Å²) in [6.07, 6.45) is 0.613. The van der Waals surface area contributed by atoms with Crippen LogP contribution in [0, 0.1) is 6.92 Å². The third kappa shape index (κ3) is 2.76. The predicted octanol–water partition coefficient (Wildman–Crippen LogP) is 2.55. The zero-order valence-corrected chi connectivity index (χ0v) is 9.00. The second-order valence-corrected chi connectivity index (χ2v) is 2.50. The number of ether oxygens (including phenoxy) is 1. The molecule has 0 bridgehead atoms. The fourth-order valence-electron chi connectivity index (χ4n) is 1.01. The standard InChI is InChI=1S/C9H10O3.C2H6/c1-6-3-7(5-10)8(11)4-9(6)12-2;1-2/h3-5,11H,1-2H3;1-2H3. The van der Waals surface area contributed by atoms with Gasteiger partial charge in [-0.2, -0.15) is 0 Å². The number of carbonyl (C=O) groups is 1. The third-order valence-corrected chi connectivity index (χ3v) is 1.67. The van der Waals surface area contributed by atoms with Crippen molar-refractivity contribution in [3.63, 3.8) is 0 Å². The van der Waals surface area contributed by atoms with Crippen LogP contribution in [-0.2, 0) is 0 Å². The van der Waals surface area contributed by atoms with E-state index in [1.54, 1.807) is 6.07 Å². The lowest BCUT2D eigenvalue weighted by Crippen LogP contribution is -1.89. The van der Waals surface area contributed by atoms with Gasteiger partial charge in [0.25, 0.3) is 0 Å². The Balaban J connectivity index is 0.000000791. The lowest BCUT2D eigenvalue weighted by atomic mass is 10.1. The molecule has 0 heterocycles. The Hall–Kier alpha value is -1.51. The van der Waals surface area contributed by atoms with Crippen LogP contribution in [0.5, 0.6) is 11.5 Å². The van der Waals surface area contributed by atoms with Crippen LogP contribution in [-0.4, -0.2) is 18.5 Å². The molecule has 0 aliphatic heterocycles. The minimum Gasteiger partial charge on any atom is -0.507 e. The van der Waals surface area contributed by atoms with Crippen molar-refractivity contribution in [2.45, 2.75) is 20.8 Å². The van der Waals surface area contributed by atoms with Crippen LogP contribution >= 0.6 is 0 Å². The fraction of sp³-hybridized carbons (Fsp3) is 0.364. The van der Waals surface area contributed by atoms with E-state index in [1.165, 1.54) is 13.2 Å². The van der Waals surface area contributed by atoms with Gasteiger partial charge in [0.05, 0.1) is 12.7 Å². The summed E-state index contributed by atoms with van der Waals surface area (Å²) in [6.45, 7) is 5.81. The molecule has 0 aromatic heterocycles. The van der Waals surface area contributed by atoms with Crippen LogP contribution in [0.25, 0.3) is 0 Å². The Morgan fingerprint density at radius 3 is 2.36 bits per heavy atom. The summed E-state index contributed by atoms with van der Waals surface area (Å²) in [7, 11) is 1.52. The van der Waals surface area contributed by atoms with E-state index in [9.17, 15) is 9.90 Å². The molecule has 14 heavy (non-hydrogen) atoms. The van der Waals surface area contributed by atoms with E-state index in [4.69, 9.17) is 4.74 Å². The third-order valence-electron chi connectivity index (χ3n) is 1.67. The minimum atomic E-state index is -0.0487. The van der Waals surface area contributed by atoms with Gasteiger partial charge in [-0.05, 0) is 18.6 Å². The maximum absolute atomic E-state index is 10.4.